The molecule has 1 aromatic heterocycles. The number of hydrogen-bond acceptors (Lipinski definition) is 3. The maximum absolute atomic E-state index is 13.7. The number of halogens is 1. The van der Waals surface area contributed by atoms with Gasteiger partial charge in [0.15, 0.2) is 5.82 Å². The quantitative estimate of drug-likeness (QED) is 0.803. The zero-order valence-corrected chi connectivity index (χ0v) is 11.4. The van der Waals surface area contributed by atoms with Gasteiger partial charge in [-0.2, -0.15) is 0 Å². The Kier molecular flexibility index (Phi) is 3.82. The van der Waals surface area contributed by atoms with Crippen LogP contribution in [-0.4, -0.2) is 15.6 Å². The van der Waals surface area contributed by atoms with Crippen LogP contribution in [0.25, 0.3) is 5.69 Å². The van der Waals surface area contributed by atoms with Crippen LogP contribution in [0, 0.1) is 5.82 Å². The summed E-state index contributed by atoms with van der Waals surface area (Å²) in [5, 5.41) is 2.48. The van der Waals surface area contributed by atoms with Gasteiger partial charge in [0.25, 0.3) is 0 Å². The van der Waals surface area contributed by atoms with Crippen LogP contribution in [0.3, 0.4) is 0 Å². The Morgan fingerprint density at radius 2 is 1.82 bits per heavy atom. The van der Waals surface area contributed by atoms with Crippen LogP contribution in [-0.2, 0) is 0 Å². The van der Waals surface area contributed by atoms with Crippen LogP contribution < -0.4 is 10.1 Å². The molecule has 2 aromatic carbocycles. The highest BCUT2D eigenvalue weighted by Crippen LogP contribution is 2.15. The number of benzene rings is 2. The second-order valence-corrected chi connectivity index (χ2v) is 4.45. The molecule has 5 nitrogen and oxygen atoms in total. The Hall–Kier alpha value is -3.15. The topological polar surface area (TPSA) is 56.2 Å². The van der Waals surface area contributed by atoms with Gasteiger partial charge in [0, 0.05) is 0 Å². The summed E-state index contributed by atoms with van der Waals surface area (Å²) in [6, 6.07) is 15.0. The Morgan fingerprint density at radius 3 is 2.59 bits per heavy atom. The van der Waals surface area contributed by atoms with Crippen LogP contribution in [0.4, 0.5) is 15.0 Å². The predicted octanol–water partition coefficient (Wildman–Crippen LogP) is 3.62. The van der Waals surface area contributed by atoms with Crippen LogP contribution in [0.1, 0.15) is 0 Å². The Labute approximate surface area is 126 Å². The number of amides is 1. The van der Waals surface area contributed by atoms with E-state index < -0.39 is 6.09 Å². The number of carbonyl (C=O) groups is 1. The largest absolute Gasteiger partial charge is 0.418 e. The third-order valence-corrected chi connectivity index (χ3v) is 2.90. The van der Waals surface area contributed by atoms with Crippen LogP contribution in [0.2, 0.25) is 0 Å². The summed E-state index contributed by atoms with van der Waals surface area (Å²) in [6.45, 7) is 0. The molecule has 0 radical (unpaired) electrons. The fraction of sp³-hybridized carbons (Fsp3) is 0. The second-order valence-electron chi connectivity index (χ2n) is 4.45. The monoisotopic (exact) mass is 297 g/mol. The predicted molar refractivity (Wildman–Crippen MR) is 79.6 cm³/mol. The summed E-state index contributed by atoms with van der Waals surface area (Å²) in [4.78, 5) is 15.7. The number of nitrogens with zero attached hydrogens (tertiary/aromatic N) is 2. The smallest absolute Gasteiger partial charge is 0.410 e. The number of para-hydroxylation sites is 2. The summed E-state index contributed by atoms with van der Waals surface area (Å²) in [5.41, 5.74) is 0.347. The van der Waals surface area contributed by atoms with Crippen molar-refractivity contribution in [3.8, 4) is 11.4 Å². The van der Waals surface area contributed by atoms with Gasteiger partial charge in [-0.1, -0.05) is 30.3 Å². The molecule has 0 unspecified atom stereocenters. The van der Waals surface area contributed by atoms with Crippen molar-refractivity contribution in [2.45, 2.75) is 0 Å². The third kappa shape index (κ3) is 3.12. The molecule has 3 rings (SSSR count). The first-order valence-electron chi connectivity index (χ1n) is 6.55. The Bertz CT molecular complexity index is 787. The fourth-order valence-electron chi connectivity index (χ4n) is 1.91. The first-order chi connectivity index (χ1) is 10.7. The molecule has 0 aliphatic rings. The number of nitrogens with one attached hydrogen (secondary N) is 1. The van der Waals surface area contributed by atoms with Crippen LogP contribution in [0.5, 0.6) is 5.75 Å². The zero-order valence-electron chi connectivity index (χ0n) is 11.4. The lowest BCUT2D eigenvalue weighted by molar-refractivity contribution is 0.215. The first-order valence-corrected chi connectivity index (χ1v) is 6.55. The van der Waals surface area contributed by atoms with E-state index in [1.54, 1.807) is 42.5 Å². The molecule has 110 valence electrons. The molecule has 6 heteroatoms. The standard InChI is InChI=1S/C16H12FN3O2/c17-13-8-4-5-9-14(13)20-10-15(18-11-20)19-16(21)22-12-6-2-1-3-7-12/h1-11H,(H,19,21). The summed E-state index contributed by atoms with van der Waals surface area (Å²) in [5.74, 6) is 0.316. The second kappa shape index (κ2) is 6.09. The molecule has 1 amide bonds. The molecule has 0 aliphatic heterocycles. The van der Waals surface area contributed by atoms with Crippen molar-refractivity contribution in [1.82, 2.24) is 9.55 Å². The fourth-order valence-corrected chi connectivity index (χ4v) is 1.91. The van der Waals surface area contributed by atoms with Gasteiger partial charge in [-0.25, -0.2) is 14.2 Å². The summed E-state index contributed by atoms with van der Waals surface area (Å²) in [6.07, 6.45) is 2.26. The molecular weight excluding hydrogens is 285 g/mol. The maximum Gasteiger partial charge on any atom is 0.418 e. The minimum absolute atomic E-state index is 0.268. The molecule has 0 spiro atoms. The number of imidazole rings is 1. The molecule has 0 saturated heterocycles. The molecule has 1 N–H and O–H groups in total. The molecule has 0 fully saturated rings. The highest BCUT2D eigenvalue weighted by molar-refractivity contribution is 5.85. The van der Waals surface area contributed by atoms with Gasteiger partial charge < -0.3 is 9.30 Å². The van der Waals surface area contributed by atoms with Gasteiger partial charge in [-0.05, 0) is 24.3 Å². The highest BCUT2D eigenvalue weighted by atomic mass is 19.1. The van der Waals surface area contributed by atoms with Crippen molar-refractivity contribution in [3.63, 3.8) is 0 Å². The number of carbonyl (C=O) groups excluding carboxylic acids is 1. The van der Waals surface area contributed by atoms with E-state index in [-0.39, 0.29) is 11.6 Å². The van der Waals surface area contributed by atoms with E-state index in [1.807, 2.05) is 6.07 Å². The maximum atomic E-state index is 13.7. The Balaban J connectivity index is 1.70. The number of hydrogen-bond donors (Lipinski definition) is 1. The van der Waals surface area contributed by atoms with Crippen molar-refractivity contribution in [2.24, 2.45) is 0 Å². The first kappa shape index (κ1) is 13.8. The van der Waals surface area contributed by atoms with E-state index in [1.165, 1.54) is 23.2 Å². The van der Waals surface area contributed by atoms with Crippen LogP contribution >= 0.6 is 0 Å². The number of ether oxygens (including phenoxy) is 1. The number of aromatic nitrogens is 2. The highest BCUT2D eigenvalue weighted by Gasteiger charge is 2.09. The summed E-state index contributed by atoms with van der Waals surface area (Å²) < 4.78 is 20.2. The molecule has 0 aliphatic carbocycles. The Morgan fingerprint density at radius 1 is 1.09 bits per heavy atom. The number of anilines is 1. The van der Waals surface area contributed by atoms with Gasteiger partial charge in [-0.3, -0.25) is 5.32 Å². The number of rotatable bonds is 3. The minimum atomic E-state index is -0.662. The lowest BCUT2D eigenvalue weighted by Crippen LogP contribution is -2.16. The van der Waals surface area contributed by atoms with E-state index in [4.69, 9.17) is 4.74 Å². The van der Waals surface area contributed by atoms with Gasteiger partial charge >= 0.3 is 6.09 Å². The van der Waals surface area contributed by atoms with Crippen LogP contribution in [0.15, 0.2) is 67.1 Å². The van der Waals surface area contributed by atoms with Crippen molar-refractivity contribution in [2.75, 3.05) is 5.32 Å². The van der Waals surface area contributed by atoms with Gasteiger partial charge in [-0.15, -0.1) is 0 Å². The van der Waals surface area contributed by atoms with Crippen molar-refractivity contribution in [3.05, 3.63) is 72.9 Å². The summed E-state index contributed by atoms with van der Waals surface area (Å²) >= 11 is 0. The molecule has 0 saturated carbocycles. The molecule has 0 bridgehead atoms. The van der Waals surface area contributed by atoms with Gasteiger partial charge in [0.05, 0.1) is 11.9 Å². The van der Waals surface area contributed by atoms with Gasteiger partial charge in [0.1, 0.15) is 17.9 Å². The zero-order chi connectivity index (χ0) is 15.4. The minimum Gasteiger partial charge on any atom is -0.410 e. The van der Waals surface area contributed by atoms with E-state index in [0.717, 1.165) is 0 Å². The van der Waals surface area contributed by atoms with E-state index >= 15 is 0 Å². The SMILES string of the molecule is O=C(Nc1cn(-c2ccccc2F)cn1)Oc1ccccc1. The molecule has 1 heterocycles. The molecule has 3 aromatic rings. The van der Waals surface area contributed by atoms with Crippen molar-refractivity contribution in [1.29, 1.82) is 0 Å². The van der Waals surface area contributed by atoms with E-state index in [0.29, 0.717) is 11.4 Å². The van der Waals surface area contributed by atoms with E-state index in [9.17, 15) is 9.18 Å². The lowest BCUT2D eigenvalue weighted by atomic mass is 10.3. The van der Waals surface area contributed by atoms with E-state index in [2.05, 4.69) is 10.3 Å². The molecule has 0 atom stereocenters. The molecular formula is C16H12FN3O2. The van der Waals surface area contributed by atoms with Crippen molar-refractivity contribution >= 4 is 11.9 Å². The average molecular weight is 297 g/mol. The summed E-state index contributed by atoms with van der Waals surface area (Å²) in [7, 11) is 0. The van der Waals surface area contributed by atoms with Crippen molar-refractivity contribution < 1.29 is 13.9 Å². The molecule has 22 heavy (non-hydrogen) atoms. The lowest BCUT2D eigenvalue weighted by Gasteiger charge is -2.04. The third-order valence-electron chi connectivity index (χ3n) is 2.90. The van der Waals surface area contributed by atoms with Gasteiger partial charge in [0.2, 0.25) is 0 Å². The normalized spacial score (nSPS) is 10.2. The average Bonchev–Trinajstić information content (AvgIpc) is 2.97.